The molecule has 0 atom stereocenters. The van der Waals surface area contributed by atoms with Crippen LogP contribution in [-0.2, 0) is 0 Å². The Bertz CT molecular complexity index is 322. The highest BCUT2D eigenvalue weighted by atomic mass is 14.3. The van der Waals surface area contributed by atoms with Crippen LogP contribution >= 0.6 is 0 Å². The minimum Gasteiger partial charge on any atom is -0.0914 e. The molecule has 0 aromatic heterocycles. The summed E-state index contributed by atoms with van der Waals surface area (Å²) < 4.78 is 0. The predicted molar refractivity (Wildman–Crippen MR) is 99.0 cm³/mol. The fourth-order valence-electron chi connectivity index (χ4n) is 4.63. The van der Waals surface area contributed by atoms with E-state index in [0.29, 0.717) is 0 Å². The topological polar surface area (TPSA) is 0 Å². The van der Waals surface area contributed by atoms with E-state index in [1.54, 1.807) is 0 Å². The first-order chi connectivity index (χ1) is 10.8. The van der Waals surface area contributed by atoms with Crippen LogP contribution in [0.5, 0.6) is 0 Å². The average molecular weight is 303 g/mol. The fraction of sp³-hybridized carbons (Fsp3) is 0.818. The van der Waals surface area contributed by atoms with Gasteiger partial charge in [0.2, 0.25) is 0 Å². The number of rotatable bonds is 7. The molecular weight excluding hydrogens is 264 g/mol. The molecule has 0 aliphatic heterocycles. The average Bonchev–Trinajstić information content (AvgIpc) is 2.55. The van der Waals surface area contributed by atoms with E-state index in [0.717, 1.165) is 23.7 Å². The molecule has 0 radical (unpaired) electrons. The molecule has 2 saturated carbocycles. The van der Waals surface area contributed by atoms with Crippen LogP contribution in [0.3, 0.4) is 0 Å². The Hall–Kier alpha value is -0.520. The van der Waals surface area contributed by atoms with Crippen LogP contribution < -0.4 is 0 Å². The van der Waals surface area contributed by atoms with Crippen molar-refractivity contribution in [2.45, 2.75) is 90.9 Å². The van der Waals surface area contributed by atoms with Crippen LogP contribution in [-0.4, -0.2) is 0 Å². The summed E-state index contributed by atoms with van der Waals surface area (Å²) in [6, 6.07) is 0. The molecule has 2 fully saturated rings. The molecule has 0 bridgehead atoms. The van der Waals surface area contributed by atoms with Gasteiger partial charge in [-0.05, 0) is 82.0 Å². The highest BCUT2D eigenvalue weighted by molar-refractivity contribution is 4.92. The summed E-state index contributed by atoms with van der Waals surface area (Å²) in [5.74, 6) is 3.90. The third-order valence-corrected chi connectivity index (χ3v) is 6.12. The molecule has 0 saturated heterocycles. The molecule has 0 heteroatoms. The standard InChI is InChI=1S/C22H38/c1-3-7-19-11-15-21(16-12-19)9-5-6-10-22-17-13-20(8-4-2)14-18-22/h3,5-7,19-22H,4,8-18H2,1-2H3/t19-,20-,21-,22-. The monoisotopic (exact) mass is 302 g/mol. The van der Waals surface area contributed by atoms with E-state index in [4.69, 9.17) is 0 Å². The van der Waals surface area contributed by atoms with E-state index < -0.39 is 0 Å². The van der Waals surface area contributed by atoms with Crippen molar-refractivity contribution in [3.63, 3.8) is 0 Å². The molecule has 22 heavy (non-hydrogen) atoms. The Morgan fingerprint density at radius 1 is 0.727 bits per heavy atom. The Balaban J connectivity index is 1.55. The van der Waals surface area contributed by atoms with Crippen LogP contribution in [0, 0.1) is 23.7 Å². The maximum atomic E-state index is 2.52. The number of allylic oxidation sites excluding steroid dienone is 4. The molecule has 2 rings (SSSR count). The highest BCUT2D eigenvalue weighted by Crippen LogP contribution is 2.34. The normalized spacial score (nSPS) is 33.7. The minimum atomic E-state index is 0.878. The minimum absolute atomic E-state index is 0.878. The Morgan fingerprint density at radius 3 is 1.73 bits per heavy atom. The van der Waals surface area contributed by atoms with E-state index in [-0.39, 0.29) is 0 Å². The zero-order chi connectivity index (χ0) is 15.6. The van der Waals surface area contributed by atoms with Crippen molar-refractivity contribution < 1.29 is 0 Å². The lowest BCUT2D eigenvalue weighted by Gasteiger charge is -2.28. The molecule has 0 heterocycles. The second-order valence-corrected chi connectivity index (χ2v) is 7.92. The number of hydrogen-bond donors (Lipinski definition) is 0. The predicted octanol–water partition coefficient (Wildman–Crippen LogP) is 7.31. The lowest BCUT2D eigenvalue weighted by atomic mass is 9.78. The lowest BCUT2D eigenvalue weighted by Crippen LogP contribution is -2.14. The second-order valence-electron chi connectivity index (χ2n) is 7.92. The smallest absolute Gasteiger partial charge is 0.0233 e. The van der Waals surface area contributed by atoms with E-state index in [2.05, 4.69) is 38.2 Å². The summed E-state index contributed by atoms with van der Waals surface area (Å²) in [6.07, 6.45) is 26.9. The van der Waals surface area contributed by atoms with Crippen molar-refractivity contribution in [3.8, 4) is 0 Å². The molecule has 0 aromatic carbocycles. The second kappa shape index (κ2) is 10.3. The summed E-state index contributed by atoms with van der Waals surface area (Å²) in [4.78, 5) is 0. The summed E-state index contributed by atoms with van der Waals surface area (Å²) in [6.45, 7) is 4.49. The zero-order valence-electron chi connectivity index (χ0n) is 15.1. The van der Waals surface area contributed by atoms with Crippen LogP contribution in [0.1, 0.15) is 90.9 Å². The molecule has 0 aromatic rings. The highest BCUT2D eigenvalue weighted by Gasteiger charge is 2.20. The third kappa shape index (κ3) is 6.31. The van der Waals surface area contributed by atoms with E-state index in [1.165, 1.54) is 77.0 Å². The first-order valence-electron chi connectivity index (χ1n) is 10.1. The van der Waals surface area contributed by atoms with Gasteiger partial charge in [-0.1, -0.05) is 56.9 Å². The first kappa shape index (κ1) is 17.8. The van der Waals surface area contributed by atoms with Crippen molar-refractivity contribution in [2.24, 2.45) is 23.7 Å². The lowest BCUT2D eigenvalue weighted by molar-refractivity contribution is 0.263. The molecule has 0 unspecified atom stereocenters. The van der Waals surface area contributed by atoms with E-state index >= 15 is 0 Å². The molecule has 126 valence electrons. The maximum absolute atomic E-state index is 2.52. The summed E-state index contributed by atoms with van der Waals surface area (Å²) >= 11 is 0. The molecule has 0 nitrogen and oxygen atoms in total. The van der Waals surface area contributed by atoms with Gasteiger partial charge in [-0.15, -0.1) is 0 Å². The van der Waals surface area contributed by atoms with Gasteiger partial charge in [0.05, 0.1) is 0 Å². The van der Waals surface area contributed by atoms with E-state index in [9.17, 15) is 0 Å². The zero-order valence-corrected chi connectivity index (χ0v) is 15.1. The van der Waals surface area contributed by atoms with Gasteiger partial charge in [0.15, 0.2) is 0 Å². The van der Waals surface area contributed by atoms with Gasteiger partial charge in [-0.25, -0.2) is 0 Å². The third-order valence-electron chi connectivity index (χ3n) is 6.12. The summed E-state index contributed by atoms with van der Waals surface area (Å²) in [5.41, 5.74) is 0. The van der Waals surface area contributed by atoms with Crippen LogP contribution in [0.4, 0.5) is 0 Å². The van der Waals surface area contributed by atoms with Gasteiger partial charge in [0, 0.05) is 0 Å². The number of hydrogen-bond acceptors (Lipinski definition) is 0. The van der Waals surface area contributed by atoms with Crippen molar-refractivity contribution in [2.75, 3.05) is 0 Å². The molecular formula is C22H38. The van der Waals surface area contributed by atoms with Gasteiger partial charge in [-0.3, -0.25) is 0 Å². The molecule has 2 aliphatic rings. The SMILES string of the molecule is CC=C[C@H]1CC[C@H](CC=CC[C@H]2CC[C@H](CCC)CC2)CC1. The van der Waals surface area contributed by atoms with Crippen molar-refractivity contribution >= 4 is 0 Å². The van der Waals surface area contributed by atoms with Crippen LogP contribution in [0.2, 0.25) is 0 Å². The van der Waals surface area contributed by atoms with Crippen LogP contribution in [0.25, 0.3) is 0 Å². The maximum Gasteiger partial charge on any atom is -0.0233 e. The molecule has 0 spiro atoms. The van der Waals surface area contributed by atoms with E-state index in [1.807, 2.05) is 0 Å². The quantitative estimate of drug-likeness (QED) is 0.432. The van der Waals surface area contributed by atoms with Gasteiger partial charge < -0.3 is 0 Å². The van der Waals surface area contributed by atoms with Gasteiger partial charge in [0.25, 0.3) is 0 Å². The van der Waals surface area contributed by atoms with Crippen molar-refractivity contribution in [1.82, 2.24) is 0 Å². The Kier molecular flexibility index (Phi) is 8.34. The van der Waals surface area contributed by atoms with Crippen LogP contribution in [0.15, 0.2) is 24.3 Å². The fourth-order valence-corrected chi connectivity index (χ4v) is 4.63. The summed E-state index contributed by atoms with van der Waals surface area (Å²) in [7, 11) is 0. The largest absolute Gasteiger partial charge is 0.0914 e. The van der Waals surface area contributed by atoms with Crippen molar-refractivity contribution in [1.29, 1.82) is 0 Å². The Labute approximate surface area is 139 Å². The molecule has 2 aliphatic carbocycles. The van der Waals surface area contributed by atoms with Gasteiger partial charge in [-0.2, -0.15) is 0 Å². The van der Waals surface area contributed by atoms with Gasteiger partial charge >= 0.3 is 0 Å². The molecule has 0 N–H and O–H groups in total. The molecule has 0 amide bonds. The van der Waals surface area contributed by atoms with Crippen molar-refractivity contribution in [3.05, 3.63) is 24.3 Å². The first-order valence-corrected chi connectivity index (χ1v) is 10.1. The Morgan fingerprint density at radius 2 is 1.23 bits per heavy atom. The van der Waals surface area contributed by atoms with Gasteiger partial charge in [0.1, 0.15) is 0 Å². The summed E-state index contributed by atoms with van der Waals surface area (Å²) in [5, 5.41) is 0.